The fraction of sp³-hybridized carbons (Fsp3) is 0.171. The third kappa shape index (κ3) is 4.98. The topological polar surface area (TPSA) is 39.9 Å². The first-order valence-electron chi connectivity index (χ1n) is 13.8. The predicted molar refractivity (Wildman–Crippen MR) is 165 cm³/mol. The highest BCUT2D eigenvalue weighted by Gasteiger charge is 2.29. The molecule has 0 unspecified atom stereocenters. The lowest BCUT2D eigenvalue weighted by Crippen LogP contribution is -2.45. The molecule has 5 aromatic rings. The summed E-state index contributed by atoms with van der Waals surface area (Å²) in [6.45, 7) is 7.33. The van der Waals surface area contributed by atoms with Gasteiger partial charge in [-0.15, -0.1) is 0 Å². The Morgan fingerprint density at radius 1 is 0.750 bits per heavy atom. The average Bonchev–Trinajstić information content (AvgIpc) is 3.00. The zero-order valence-electron chi connectivity index (χ0n) is 23.0. The fourth-order valence-electron chi connectivity index (χ4n) is 5.61. The van der Waals surface area contributed by atoms with Crippen LogP contribution in [0, 0.1) is 6.92 Å². The third-order valence-corrected chi connectivity index (χ3v) is 7.59. The van der Waals surface area contributed by atoms with Gasteiger partial charge < -0.3 is 19.1 Å². The van der Waals surface area contributed by atoms with Crippen molar-refractivity contribution in [1.29, 1.82) is 0 Å². The molecule has 0 spiro atoms. The molecule has 0 bridgehead atoms. The average molecular weight is 528 g/mol. The zero-order valence-corrected chi connectivity index (χ0v) is 23.0. The molecule has 1 aliphatic heterocycles. The Morgan fingerprint density at radius 3 is 2.02 bits per heavy atom. The summed E-state index contributed by atoms with van der Waals surface area (Å²) in [5.41, 5.74) is 8.20. The first kappa shape index (κ1) is 25.5. The largest absolute Gasteiger partial charge is 0.423 e. The Balaban J connectivity index is 1.48. The maximum absolute atomic E-state index is 12.1. The van der Waals surface area contributed by atoms with Gasteiger partial charge in [0.2, 0.25) is 0 Å². The molecular weight excluding hydrogens is 494 g/mol. The van der Waals surface area contributed by atoms with Gasteiger partial charge >= 0.3 is 5.63 Å². The molecule has 0 saturated heterocycles. The summed E-state index contributed by atoms with van der Waals surface area (Å²) < 4.78 is 5.58. The molecule has 5 heteroatoms. The van der Waals surface area contributed by atoms with Gasteiger partial charge in [-0.1, -0.05) is 78.9 Å². The van der Waals surface area contributed by atoms with Crippen molar-refractivity contribution >= 4 is 33.7 Å². The van der Waals surface area contributed by atoms with Crippen LogP contribution in [-0.2, 0) is 0 Å². The fourth-order valence-corrected chi connectivity index (χ4v) is 5.61. The molecule has 4 aromatic carbocycles. The third-order valence-electron chi connectivity index (χ3n) is 7.59. The van der Waals surface area contributed by atoms with Gasteiger partial charge in [0.1, 0.15) is 5.58 Å². The van der Waals surface area contributed by atoms with Gasteiger partial charge in [-0.2, -0.15) is 0 Å². The van der Waals surface area contributed by atoms with Crippen LogP contribution in [-0.4, -0.2) is 31.2 Å². The molecule has 1 aromatic heterocycles. The lowest BCUT2D eigenvalue weighted by Gasteiger charge is -2.43. The van der Waals surface area contributed by atoms with Crippen molar-refractivity contribution in [2.75, 3.05) is 36.1 Å². The number of anilines is 2. The minimum absolute atomic E-state index is 0.316. The van der Waals surface area contributed by atoms with E-state index in [4.69, 9.17) is 4.42 Å². The highest BCUT2D eigenvalue weighted by Crippen LogP contribution is 2.38. The molecule has 0 amide bonds. The number of hydrogen-bond acceptors (Lipinski definition) is 5. The van der Waals surface area contributed by atoms with Gasteiger partial charge in [0, 0.05) is 59.7 Å². The molecule has 2 heterocycles. The molecule has 0 aliphatic carbocycles. The maximum Gasteiger partial charge on any atom is 0.336 e. The van der Waals surface area contributed by atoms with E-state index < -0.39 is 0 Å². The van der Waals surface area contributed by atoms with Crippen LogP contribution in [0.3, 0.4) is 0 Å². The highest BCUT2D eigenvalue weighted by molar-refractivity contribution is 5.97. The van der Waals surface area contributed by atoms with Gasteiger partial charge in [0.05, 0.1) is 18.1 Å². The molecule has 1 aliphatic rings. The molecule has 0 atom stereocenters. The number of benzene rings is 4. The predicted octanol–water partition coefficient (Wildman–Crippen LogP) is 7.23. The van der Waals surface area contributed by atoms with Crippen LogP contribution in [0.1, 0.15) is 23.6 Å². The van der Waals surface area contributed by atoms with Crippen molar-refractivity contribution in [1.82, 2.24) is 4.90 Å². The van der Waals surface area contributed by atoms with Crippen LogP contribution in [0.15, 0.2) is 124 Å². The number of fused-ring (bicyclic) bond motifs is 1. The van der Waals surface area contributed by atoms with Gasteiger partial charge in [0.15, 0.2) is 0 Å². The minimum Gasteiger partial charge on any atom is -0.423 e. The summed E-state index contributed by atoms with van der Waals surface area (Å²) in [6, 6.07) is 39.7. The van der Waals surface area contributed by atoms with Crippen molar-refractivity contribution in [2.45, 2.75) is 13.8 Å². The smallest absolute Gasteiger partial charge is 0.336 e. The van der Waals surface area contributed by atoms with E-state index in [9.17, 15) is 4.79 Å². The summed E-state index contributed by atoms with van der Waals surface area (Å²) in [7, 11) is 0. The summed E-state index contributed by atoms with van der Waals surface area (Å²) >= 11 is 0. The van der Waals surface area contributed by atoms with Crippen LogP contribution in [0.25, 0.3) is 22.4 Å². The molecule has 6 rings (SSSR count). The Morgan fingerprint density at radius 2 is 1.38 bits per heavy atom. The monoisotopic (exact) mass is 527 g/mol. The van der Waals surface area contributed by atoms with E-state index in [1.54, 1.807) is 6.07 Å². The lowest BCUT2D eigenvalue weighted by molar-refractivity contribution is 0.392. The maximum atomic E-state index is 12.1. The summed E-state index contributed by atoms with van der Waals surface area (Å²) in [4.78, 5) is 19.4. The lowest BCUT2D eigenvalue weighted by atomic mass is 9.99. The number of hydrogen-bond donors (Lipinski definition) is 0. The Kier molecular flexibility index (Phi) is 7.11. The molecule has 0 N–H and O–H groups in total. The molecule has 40 heavy (non-hydrogen) atoms. The van der Waals surface area contributed by atoms with Crippen LogP contribution < -0.4 is 15.4 Å². The van der Waals surface area contributed by atoms with Crippen LogP contribution in [0.4, 0.5) is 11.4 Å². The zero-order chi connectivity index (χ0) is 27.5. The molecule has 0 fully saturated rings. The van der Waals surface area contributed by atoms with Crippen molar-refractivity contribution in [3.8, 4) is 0 Å². The highest BCUT2D eigenvalue weighted by atomic mass is 16.4. The van der Waals surface area contributed by atoms with Crippen molar-refractivity contribution in [2.24, 2.45) is 0 Å². The molecular formula is C35H33N3O2. The van der Waals surface area contributed by atoms with E-state index in [0.29, 0.717) is 12.3 Å². The quantitative estimate of drug-likeness (QED) is 0.209. The Hall–Kier alpha value is -4.77. The van der Waals surface area contributed by atoms with Crippen LogP contribution in [0.5, 0.6) is 0 Å². The van der Waals surface area contributed by atoms with Crippen LogP contribution >= 0.6 is 0 Å². The number of para-hydroxylation sites is 1. The van der Waals surface area contributed by atoms with Gasteiger partial charge in [0.25, 0.3) is 0 Å². The summed E-state index contributed by atoms with van der Waals surface area (Å²) in [5.74, 6) is 0. The summed E-state index contributed by atoms with van der Waals surface area (Å²) in [6.07, 6.45) is 0. The van der Waals surface area contributed by atoms with Gasteiger partial charge in [-0.05, 0) is 43.7 Å². The van der Waals surface area contributed by atoms with Crippen molar-refractivity contribution in [3.63, 3.8) is 0 Å². The molecule has 5 nitrogen and oxygen atoms in total. The van der Waals surface area contributed by atoms with Crippen LogP contribution in [0.2, 0.25) is 0 Å². The number of rotatable bonds is 7. The first-order valence-corrected chi connectivity index (χ1v) is 13.8. The Bertz CT molecular complexity index is 1700. The molecule has 0 radical (unpaired) electrons. The normalized spacial score (nSPS) is 13.7. The van der Waals surface area contributed by atoms with Gasteiger partial charge in [-0.3, -0.25) is 0 Å². The second-order valence-electron chi connectivity index (χ2n) is 10.1. The second kappa shape index (κ2) is 11.1. The Labute approximate surface area is 235 Å². The van der Waals surface area contributed by atoms with E-state index in [1.807, 2.05) is 13.0 Å². The van der Waals surface area contributed by atoms with E-state index in [0.717, 1.165) is 36.3 Å². The van der Waals surface area contributed by atoms with E-state index in [2.05, 4.69) is 125 Å². The number of nitrogens with zero attached hydrogens (tertiary/aromatic N) is 3. The summed E-state index contributed by atoms with van der Waals surface area (Å²) in [5, 5.41) is 0.965. The van der Waals surface area contributed by atoms with E-state index in [-0.39, 0.29) is 5.63 Å². The van der Waals surface area contributed by atoms with Gasteiger partial charge in [-0.25, -0.2) is 4.79 Å². The SMILES string of the molecule is CCN(CN1CCN(c2ccccc2)C(c2ccccc2)=C1c1ccccc1)c1ccc2c(C)cc(=O)oc2c1. The van der Waals surface area contributed by atoms with Crippen molar-refractivity contribution in [3.05, 3.63) is 142 Å². The minimum atomic E-state index is -0.316. The second-order valence-corrected chi connectivity index (χ2v) is 10.1. The molecule has 0 saturated carbocycles. The first-order chi connectivity index (χ1) is 19.6. The van der Waals surface area contributed by atoms with E-state index in [1.165, 1.54) is 28.2 Å². The number of aryl methyl sites for hydroxylation is 1. The van der Waals surface area contributed by atoms with Crippen molar-refractivity contribution < 1.29 is 4.42 Å². The standard InChI is InChI=1S/C35H33N3O2/c1-3-36(30-19-20-31-26(2)23-33(39)40-32(31)24-30)25-37-21-22-38(29-17-11-6-12-18-29)35(28-15-9-5-10-16-28)34(37)27-13-7-4-8-14-27/h4-20,23-24H,3,21-22,25H2,1-2H3. The van der Waals surface area contributed by atoms with E-state index >= 15 is 0 Å². The molecule has 200 valence electrons.